The fraction of sp³-hybridized carbons (Fsp3) is 0.160. The normalized spacial score (nSPS) is 11.5. The summed E-state index contributed by atoms with van der Waals surface area (Å²) < 4.78 is 32.8. The number of hydrogen-bond acceptors (Lipinski definition) is 6. The van der Waals surface area contributed by atoms with Crippen LogP contribution in [0.5, 0.6) is 5.75 Å². The van der Waals surface area contributed by atoms with Crippen molar-refractivity contribution in [3.05, 3.63) is 84.4 Å². The minimum absolute atomic E-state index is 0.0579. The maximum Gasteiger partial charge on any atom is 0.264 e. The molecule has 0 aliphatic heterocycles. The Kier molecular flexibility index (Phi) is 8.21. The maximum atomic E-state index is 13.3. The van der Waals surface area contributed by atoms with E-state index in [9.17, 15) is 18.0 Å². The molecule has 0 saturated heterocycles. The van der Waals surface area contributed by atoms with Gasteiger partial charge in [-0.3, -0.25) is 13.9 Å². The average Bonchev–Trinajstić information content (AvgIpc) is 2.86. The van der Waals surface area contributed by atoms with E-state index in [-0.39, 0.29) is 10.8 Å². The largest absolute Gasteiger partial charge is 0.497 e. The zero-order valence-electron chi connectivity index (χ0n) is 19.6. The number of hydrogen-bond donors (Lipinski definition) is 2. The lowest BCUT2D eigenvalue weighted by molar-refractivity contribution is -0.119. The minimum atomic E-state index is -4.03. The molecule has 3 rings (SSSR count). The summed E-state index contributed by atoms with van der Waals surface area (Å²) in [6.07, 6.45) is 0. The average molecular weight is 495 g/mol. The van der Waals surface area contributed by atoms with Gasteiger partial charge in [0.25, 0.3) is 15.9 Å². The Morgan fingerprint density at radius 1 is 0.914 bits per heavy atom. The van der Waals surface area contributed by atoms with E-state index in [4.69, 9.17) is 4.74 Å². The van der Waals surface area contributed by atoms with Crippen molar-refractivity contribution in [2.75, 3.05) is 23.3 Å². The molecule has 0 fully saturated rings. The predicted molar refractivity (Wildman–Crippen MR) is 135 cm³/mol. The Bertz CT molecular complexity index is 1310. The monoisotopic (exact) mass is 494 g/mol. The zero-order valence-corrected chi connectivity index (χ0v) is 20.4. The lowest BCUT2D eigenvalue weighted by atomic mass is 10.1. The number of anilines is 2. The van der Waals surface area contributed by atoms with Gasteiger partial charge in [-0.05, 0) is 61.0 Å². The number of methoxy groups -OCH3 is 1. The van der Waals surface area contributed by atoms with E-state index >= 15 is 0 Å². The van der Waals surface area contributed by atoms with E-state index < -0.39 is 22.5 Å². The van der Waals surface area contributed by atoms with Crippen molar-refractivity contribution in [3.8, 4) is 5.75 Å². The number of carbonyl (C=O) groups excluding carboxylic acids is 2. The highest BCUT2D eigenvalue weighted by Gasteiger charge is 2.27. The van der Waals surface area contributed by atoms with Crippen molar-refractivity contribution in [2.45, 2.75) is 18.7 Å². The van der Waals surface area contributed by atoms with E-state index in [1.54, 1.807) is 73.7 Å². The number of sulfonamides is 1. The molecule has 0 heterocycles. The second-order valence-corrected chi connectivity index (χ2v) is 9.38. The quantitative estimate of drug-likeness (QED) is 0.349. The van der Waals surface area contributed by atoms with Crippen LogP contribution in [0.15, 0.2) is 88.9 Å². The van der Waals surface area contributed by atoms with Crippen LogP contribution in [0.25, 0.3) is 0 Å². The highest BCUT2D eigenvalue weighted by Crippen LogP contribution is 2.25. The van der Waals surface area contributed by atoms with Gasteiger partial charge in [-0.2, -0.15) is 5.10 Å². The first-order chi connectivity index (χ1) is 16.7. The minimum Gasteiger partial charge on any atom is -0.497 e. The molecule has 0 aliphatic rings. The molecule has 3 aromatic rings. The Morgan fingerprint density at radius 2 is 1.54 bits per heavy atom. The molecule has 0 atom stereocenters. The van der Waals surface area contributed by atoms with Crippen molar-refractivity contribution in [2.24, 2.45) is 5.10 Å². The van der Waals surface area contributed by atoms with Crippen molar-refractivity contribution >= 4 is 38.9 Å². The highest BCUT2D eigenvalue weighted by atomic mass is 32.2. The molecule has 0 spiro atoms. The number of benzene rings is 3. The first-order valence-corrected chi connectivity index (χ1v) is 12.1. The molecule has 0 unspecified atom stereocenters. The van der Waals surface area contributed by atoms with Gasteiger partial charge < -0.3 is 10.1 Å². The number of nitrogens with one attached hydrogen (secondary N) is 2. The Labute approximate surface area is 204 Å². The number of ether oxygens (including phenoxy) is 1. The summed E-state index contributed by atoms with van der Waals surface area (Å²) in [5.41, 5.74) is 4.60. The number of rotatable bonds is 9. The standard InChI is InChI=1S/C25H26N4O5S/c1-18(20-9-11-21(12-10-20)26-19(2)30)27-28-25(31)17-29(22-13-15-23(34-3)16-14-22)35(32,33)24-7-5-4-6-8-24/h4-16H,17H2,1-3H3,(H,26,30)(H,28,31)/b27-18-. The molecule has 0 aromatic heterocycles. The van der Waals surface area contributed by atoms with Crippen LogP contribution in [0.1, 0.15) is 19.4 Å². The van der Waals surface area contributed by atoms with Crippen molar-refractivity contribution in [3.63, 3.8) is 0 Å². The topological polar surface area (TPSA) is 117 Å². The molecular formula is C25H26N4O5S. The molecule has 2 amide bonds. The zero-order chi connectivity index (χ0) is 25.4. The summed E-state index contributed by atoms with van der Waals surface area (Å²) in [6.45, 7) is 2.64. The molecule has 3 aromatic carbocycles. The lowest BCUT2D eigenvalue weighted by Crippen LogP contribution is -2.39. The lowest BCUT2D eigenvalue weighted by Gasteiger charge is -2.24. The van der Waals surface area contributed by atoms with E-state index in [2.05, 4.69) is 15.8 Å². The van der Waals surface area contributed by atoms with E-state index in [0.717, 1.165) is 9.87 Å². The van der Waals surface area contributed by atoms with Gasteiger partial charge in [0.05, 0.1) is 23.4 Å². The van der Waals surface area contributed by atoms with Crippen LogP contribution in [-0.4, -0.2) is 39.6 Å². The van der Waals surface area contributed by atoms with E-state index in [1.165, 1.54) is 26.2 Å². The summed E-state index contributed by atoms with van der Waals surface area (Å²) in [5, 5.41) is 6.78. The molecular weight excluding hydrogens is 468 g/mol. The van der Waals surface area contributed by atoms with Crippen LogP contribution in [0.2, 0.25) is 0 Å². The second kappa shape index (κ2) is 11.3. The van der Waals surface area contributed by atoms with Gasteiger partial charge >= 0.3 is 0 Å². The van der Waals surface area contributed by atoms with E-state index in [0.29, 0.717) is 22.8 Å². The van der Waals surface area contributed by atoms with Gasteiger partial charge in [0.2, 0.25) is 5.91 Å². The number of hydrazone groups is 1. The molecule has 0 bridgehead atoms. The first kappa shape index (κ1) is 25.4. The number of amides is 2. The van der Waals surface area contributed by atoms with Crippen molar-refractivity contribution in [1.29, 1.82) is 0 Å². The Hall–Kier alpha value is -4.18. The first-order valence-electron chi connectivity index (χ1n) is 10.6. The second-order valence-electron chi connectivity index (χ2n) is 7.51. The third kappa shape index (κ3) is 6.67. The fourth-order valence-electron chi connectivity index (χ4n) is 3.16. The number of carbonyl (C=O) groups is 2. The maximum absolute atomic E-state index is 13.3. The molecule has 0 saturated carbocycles. The Balaban J connectivity index is 1.80. The Morgan fingerprint density at radius 3 is 2.11 bits per heavy atom. The summed E-state index contributed by atoms with van der Waals surface area (Å²) in [7, 11) is -2.52. The molecule has 182 valence electrons. The molecule has 0 radical (unpaired) electrons. The highest BCUT2D eigenvalue weighted by molar-refractivity contribution is 7.92. The van der Waals surface area contributed by atoms with Gasteiger partial charge in [-0.1, -0.05) is 30.3 Å². The fourth-order valence-corrected chi connectivity index (χ4v) is 4.60. The molecule has 35 heavy (non-hydrogen) atoms. The van der Waals surface area contributed by atoms with Crippen LogP contribution in [0.4, 0.5) is 11.4 Å². The smallest absolute Gasteiger partial charge is 0.264 e. The van der Waals surface area contributed by atoms with Crippen LogP contribution in [-0.2, 0) is 19.6 Å². The van der Waals surface area contributed by atoms with Crippen molar-refractivity contribution in [1.82, 2.24) is 5.43 Å². The van der Waals surface area contributed by atoms with Crippen LogP contribution < -0.4 is 19.8 Å². The van der Waals surface area contributed by atoms with E-state index in [1.807, 2.05) is 0 Å². The van der Waals surface area contributed by atoms with Gasteiger partial charge in [-0.25, -0.2) is 13.8 Å². The van der Waals surface area contributed by atoms with Crippen LogP contribution in [0, 0.1) is 0 Å². The summed E-state index contributed by atoms with van der Waals surface area (Å²) >= 11 is 0. The van der Waals surface area contributed by atoms with Gasteiger partial charge in [-0.15, -0.1) is 0 Å². The number of nitrogens with zero attached hydrogens (tertiary/aromatic N) is 2. The summed E-state index contributed by atoms with van der Waals surface area (Å²) in [5.74, 6) is -0.239. The van der Waals surface area contributed by atoms with Gasteiger partial charge in [0.1, 0.15) is 12.3 Å². The van der Waals surface area contributed by atoms with Crippen LogP contribution >= 0.6 is 0 Å². The molecule has 0 aliphatic carbocycles. The van der Waals surface area contributed by atoms with Crippen molar-refractivity contribution < 1.29 is 22.7 Å². The van der Waals surface area contributed by atoms with Crippen LogP contribution in [0.3, 0.4) is 0 Å². The third-order valence-electron chi connectivity index (χ3n) is 4.95. The summed E-state index contributed by atoms with van der Waals surface area (Å²) in [6, 6.07) is 21.2. The molecule has 2 N–H and O–H groups in total. The predicted octanol–water partition coefficient (Wildman–Crippen LogP) is 3.39. The third-order valence-corrected chi connectivity index (χ3v) is 6.74. The SMILES string of the molecule is COc1ccc(N(CC(=O)N/N=C(/C)c2ccc(NC(C)=O)cc2)S(=O)(=O)c2ccccc2)cc1. The summed E-state index contributed by atoms with van der Waals surface area (Å²) in [4.78, 5) is 24.0. The van der Waals surface area contributed by atoms with Gasteiger partial charge in [0.15, 0.2) is 0 Å². The molecule has 10 heteroatoms. The molecule has 9 nitrogen and oxygen atoms in total. The van der Waals surface area contributed by atoms with Gasteiger partial charge in [0, 0.05) is 12.6 Å².